The van der Waals surface area contributed by atoms with Gasteiger partial charge in [-0.1, -0.05) is 42.5 Å². The zero-order valence-electron chi connectivity index (χ0n) is 27.6. The summed E-state index contributed by atoms with van der Waals surface area (Å²) >= 11 is 0. The molecule has 2 amide bonds. The van der Waals surface area contributed by atoms with E-state index in [9.17, 15) is 19.5 Å². The lowest BCUT2D eigenvalue weighted by molar-refractivity contribution is -0.0338. The third-order valence-corrected chi connectivity index (χ3v) is 9.05. The number of ether oxygens (including phenoxy) is 2. The lowest BCUT2D eigenvalue weighted by atomic mass is 9.91. The molecule has 6 rings (SSSR count). The first-order chi connectivity index (χ1) is 22.3. The van der Waals surface area contributed by atoms with E-state index in [-0.39, 0.29) is 36.4 Å². The third kappa shape index (κ3) is 6.73. The van der Waals surface area contributed by atoms with Crippen molar-refractivity contribution in [1.82, 2.24) is 29.1 Å². The number of aliphatic hydroxyl groups is 1. The average molecular weight is 643 g/mol. The molecule has 1 unspecified atom stereocenters. The fourth-order valence-corrected chi connectivity index (χ4v) is 6.53. The van der Waals surface area contributed by atoms with Gasteiger partial charge in [0.2, 0.25) is 0 Å². The van der Waals surface area contributed by atoms with Crippen LogP contribution in [-0.4, -0.2) is 77.8 Å². The van der Waals surface area contributed by atoms with E-state index >= 15 is 0 Å². The Morgan fingerprint density at radius 3 is 2.51 bits per heavy atom. The minimum atomic E-state index is -1.18. The number of carbonyl (C=O) groups is 2. The van der Waals surface area contributed by atoms with Crippen LogP contribution in [0, 0.1) is 0 Å². The number of benzene rings is 2. The second-order valence-corrected chi connectivity index (χ2v) is 13.7. The molecule has 0 radical (unpaired) electrons. The SMILES string of the molecule is CN(C(=O)OC(C)(C)C)C1CCc2cc(-c3c4ncn(CC5(O)CCN(C(=O)OCc6ccccc6)CC5)c(=O)c4nn3C)ccc21. The molecular formula is C35H42N6O6. The van der Waals surface area contributed by atoms with E-state index in [2.05, 4.69) is 16.1 Å². The second kappa shape index (κ2) is 12.5. The van der Waals surface area contributed by atoms with E-state index < -0.39 is 17.3 Å². The molecule has 2 aromatic carbocycles. The summed E-state index contributed by atoms with van der Waals surface area (Å²) in [6, 6.07) is 15.5. The Balaban J connectivity index is 1.15. The summed E-state index contributed by atoms with van der Waals surface area (Å²) in [6.45, 7) is 6.42. The molecule has 0 bridgehead atoms. The van der Waals surface area contributed by atoms with E-state index in [1.54, 1.807) is 28.6 Å². The van der Waals surface area contributed by atoms with Crippen molar-refractivity contribution < 1.29 is 24.2 Å². The standard InChI is InChI=1S/C35H42N6O6/c1-34(2,3)47-32(43)38(4)27-14-12-24-19-25(11-13-26(24)27)30-28-29(37-39(30)5)31(42)41(22-36-28)21-35(45)15-17-40(18-16-35)33(44)46-20-23-9-7-6-8-10-23/h6-11,13,19,22,27,45H,12,14-18,20-21H2,1-5H3. The molecule has 1 atom stereocenters. The molecule has 12 heteroatoms. The number of fused-ring (bicyclic) bond motifs is 2. The number of amides is 2. The number of likely N-dealkylation sites (tertiary alicyclic amines) is 1. The van der Waals surface area contributed by atoms with E-state index in [4.69, 9.17) is 9.47 Å². The third-order valence-electron chi connectivity index (χ3n) is 9.05. The molecule has 2 aliphatic rings. The van der Waals surface area contributed by atoms with Gasteiger partial charge in [-0.3, -0.25) is 14.0 Å². The number of aromatic nitrogens is 4. The highest BCUT2D eigenvalue weighted by atomic mass is 16.6. The predicted molar refractivity (Wildman–Crippen MR) is 176 cm³/mol. The van der Waals surface area contributed by atoms with Crippen LogP contribution in [0.25, 0.3) is 22.3 Å². The molecule has 1 fully saturated rings. The summed E-state index contributed by atoms with van der Waals surface area (Å²) < 4.78 is 14.1. The molecule has 1 N–H and O–H groups in total. The van der Waals surface area contributed by atoms with Crippen molar-refractivity contribution in [3.05, 3.63) is 81.9 Å². The minimum Gasteiger partial charge on any atom is -0.445 e. The van der Waals surface area contributed by atoms with Crippen molar-refractivity contribution in [2.45, 2.75) is 76.9 Å². The van der Waals surface area contributed by atoms with Crippen LogP contribution in [0.3, 0.4) is 0 Å². The first kappa shape index (κ1) is 32.2. The van der Waals surface area contributed by atoms with Crippen molar-refractivity contribution in [3.63, 3.8) is 0 Å². The number of nitrogens with zero attached hydrogens (tertiary/aromatic N) is 6. The second-order valence-electron chi connectivity index (χ2n) is 13.7. The van der Waals surface area contributed by atoms with Crippen LogP contribution in [0.15, 0.2) is 59.7 Å². The Bertz CT molecular complexity index is 1850. The fourth-order valence-electron chi connectivity index (χ4n) is 6.53. The molecule has 1 aliphatic carbocycles. The maximum Gasteiger partial charge on any atom is 0.410 e. The summed E-state index contributed by atoms with van der Waals surface area (Å²) in [5.41, 5.74) is 3.32. The van der Waals surface area contributed by atoms with Gasteiger partial charge in [-0.05, 0) is 69.2 Å². The number of hydrogen-bond acceptors (Lipinski definition) is 8. The monoisotopic (exact) mass is 642 g/mol. The number of piperidine rings is 1. The quantitative estimate of drug-likeness (QED) is 0.317. The van der Waals surface area contributed by atoms with E-state index in [0.717, 1.165) is 40.8 Å². The lowest BCUT2D eigenvalue weighted by Gasteiger charge is -2.37. The van der Waals surface area contributed by atoms with Crippen LogP contribution in [0.4, 0.5) is 9.59 Å². The van der Waals surface area contributed by atoms with Crippen molar-refractivity contribution in [2.24, 2.45) is 7.05 Å². The van der Waals surface area contributed by atoms with Gasteiger partial charge >= 0.3 is 12.2 Å². The highest BCUT2D eigenvalue weighted by Gasteiger charge is 2.36. The van der Waals surface area contributed by atoms with Gasteiger partial charge < -0.3 is 24.4 Å². The van der Waals surface area contributed by atoms with Gasteiger partial charge in [0.25, 0.3) is 5.56 Å². The molecular weight excluding hydrogens is 600 g/mol. The first-order valence-corrected chi connectivity index (χ1v) is 16.0. The molecule has 12 nitrogen and oxygen atoms in total. The molecule has 2 aromatic heterocycles. The lowest BCUT2D eigenvalue weighted by Crippen LogP contribution is -2.49. The van der Waals surface area contributed by atoms with Gasteiger partial charge in [-0.15, -0.1) is 0 Å². The smallest absolute Gasteiger partial charge is 0.410 e. The highest BCUT2D eigenvalue weighted by molar-refractivity contribution is 5.89. The topological polar surface area (TPSA) is 132 Å². The van der Waals surface area contributed by atoms with Gasteiger partial charge in [-0.25, -0.2) is 14.6 Å². The fraction of sp³-hybridized carbons (Fsp3) is 0.457. The number of aryl methyl sites for hydroxylation is 2. The predicted octanol–water partition coefficient (Wildman–Crippen LogP) is 4.81. The molecule has 4 aromatic rings. The Kier molecular flexibility index (Phi) is 8.56. The minimum absolute atomic E-state index is 0.0407. The maximum atomic E-state index is 13.6. The molecule has 248 valence electrons. The van der Waals surface area contributed by atoms with Gasteiger partial charge in [0.1, 0.15) is 17.7 Å². The Morgan fingerprint density at radius 2 is 1.81 bits per heavy atom. The molecule has 3 heterocycles. The van der Waals surface area contributed by atoms with Gasteiger partial charge in [0.15, 0.2) is 5.52 Å². The van der Waals surface area contributed by atoms with E-state index in [1.807, 2.05) is 63.2 Å². The summed E-state index contributed by atoms with van der Waals surface area (Å²) in [5.74, 6) is 0. The van der Waals surface area contributed by atoms with E-state index in [0.29, 0.717) is 31.4 Å². The Morgan fingerprint density at radius 1 is 1.09 bits per heavy atom. The number of hydrogen-bond donors (Lipinski definition) is 1. The van der Waals surface area contributed by atoms with Gasteiger partial charge in [0.05, 0.1) is 30.2 Å². The van der Waals surface area contributed by atoms with Crippen molar-refractivity contribution in [3.8, 4) is 11.3 Å². The van der Waals surface area contributed by atoms with Crippen molar-refractivity contribution >= 4 is 23.2 Å². The molecule has 1 aliphatic heterocycles. The Hall–Kier alpha value is -4.71. The summed E-state index contributed by atoms with van der Waals surface area (Å²) in [7, 11) is 3.56. The van der Waals surface area contributed by atoms with Crippen LogP contribution in [0.2, 0.25) is 0 Å². The molecule has 47 heavy (non-hydrogen) atoms. The Labute approximate surface area is 273 Å². The number of rotatable bonds is 6. The van der Waals surface area contributed by atoms with Crippen LogP contribution in [0.5, 0.6) is 0 Å². The van der Waals surface area contributed by atoms with Crippen LogP contribution < -0.4 is 5.56 Å². The van der Waals surface area contributed by atoms with Crippen LogP contribution in [-0.2, 0) is 36.1 Å². The van der Waals surface area contributed by atoms with Crippen LogP contribution >= 0.6 is 0 Å². The summed E-state index contributed by atoms with van der Waals surface area (Å²) in [4.78, 5) is 46.8. The summed E-state index contributed by atoms with van der Waals surface area (Å²) in [6.07, 6.45) is 2.88. The van der Waals surface area contributed by atoms with E-state index in [1.165, 1.54) is 10.9 Å². The molecule has 1 saturated heterocycles. The highest BCUT2D eigenvalue weighted by Crippen LogP contribution is 2.38. The largest absolute Gasteiger partial charge is 0.445 e. The zero-order chi connectivity index (χ0) is 33.5. The molecule has 0 saturated carbocycles. The molecule has 0 spiro atoms. The van der Waals surface area contributed by atoms with Crippen LogP contribution in [0.1, 0.15) is 62.8 Å². The van der Waals surface area contributed by atoms with Gasteiger partial charge in [0, 0.05) is 32.7 Å². The maximum absolute atomic E-state index is 13.6. The van der Waals surface area contributed by atoms with Crippen molar-refractivity contribution in [2.75, 3.05) is 20.1 Å². The zero-order valence-corrected chi connectivity index (χ0v) is 27.6. The normalized spacial score (nSPS) is 17.4. The van der Waals surface area contributed by atoms with Crippen molar-refractivity contribution in [1.29, 1.82) is 0 Å². The average Bonchev–Trinajstić information content (AvgIpc) is 3.61. The summed E-state index contributed by atoms with van der Waals surface area (Å²) in [5, 5.41) is 15.9. The van der Waals surface area contributed by atoms with Gasteiger partial charge in [-0.2, -0.15) is 5.10 Å². The first-order valence-electron chi connectivity index (χ1n) is 16.0. The number of carbonyl (C=O) groups excluding carboxylic acids is 2.